The van der Waals surface area contributed by atoms with E-state index in [2.05, 4.69) is 15.5 Å². The first-order chi connectivity index (χ1) is 9.65. The summed E-state index contributed by atoms with van der Waals surface area (Å²) < 4.78 is 19.0. The number of hydrogen-bond acceptors (Lipinski definition) is 5. The Labute approximate surface area is 114 Å². The third kappa shape index (κ3) is 2.16. The highest BCUT2D eigenvalue weighted by molar-refractivity contribution is 5.98. The van der Waals surface area contributed by atoms with Gasteiger partial charge < -0.3 is 15.6 Å². The molecule has 3 N–H and O–H groups in total. The van der Waals surface area contributed by atoms with E-state index < -0.39 is 5.82 Å². The summed E-state index contributed by atoms with van der Waals surface area (Å²) in [5, 5.41) is 7.57. The summed E-state index contributed by atoms with van der Waals surface area (Å²) in [6.45, 7) is 2.15. The molecule has 0 aliphatic heterocycles. The summed E-state index contributed by atoms with van der Waals surface area (Å²) in [6.07, 6.45) is 1.60. The van der Waals surface area contributed by atoms with E-state index in [1.165, 1.54) is 6.07 Å². The monoisotopic (exact) mass is 272 g/mol. The van der Waals surface area contributed by atoms with Crippen molar-refractivity contribution in [3.05, 3.63) is 47.7 Å². The molecule has 0 saturated carbocycles. The van der Waals surface area contributed by atoms with Gasteiger partial charge in [0.1, 0.15) is 11.5 Å². The van der Waals surface area contributed by atoms with Crippen molar-refractivity contribution in [3.63, 3.8) is 0 Å². The molecule has 0 bridgehead atoms. The van der Waals surface area contributed by atoms with E-state index in [0.717, 1.165) is 0 Å². The Bertz CT molecular complexity index is 769. The Hall–Kier alpha value is -2.63. The first-order valence-corrected chi connectivity index (χ1v) is 6.14. The number of benzene rings is 1. The van der Waals surface area contributed by atoms with E-state index in [1.807, 2.05) is 6.07 Å². The number of hydrogen-bond donors (Lipinski definition) is 2. The minimum Gasteiger partial charge on any atom is -0.398 e. The molecule has 0 unspecified atom stereocenters. The summed E-state index contributed by atoms with van der Waals surface area (Å²) in [5.41, 5.74) is 7.69. The van der Waals surface area contributed by atoms with Crippen LogP contribution in [0.15, 0.2) is 35.0 Å². The van der Waals surface area contributed by atoms with Gasteiger partial charge in [0.2, 0.25) is 0 Å². The Kier molecular flexibility index (Phi) is 2.98. The second kappa shape index (κ2) is 4.80. The van der Waals surface area contributed by atoms with Crippen molar-refractivity contribution < 1.29 is 8.91 Å². The van der Waals surface area contributed by atoms with Crippen LogP contribution in [0.25, 0.3) is 10.9 Å². The smallest absolute Gasteiger partial charge is 0.150 e. The Balaban J connectivity index is 1.98. The molecule has 0 amide bonds. The molecule has 0 aliphatic carbocycles. The third-order valence-electron chi connectivity index (χ3n) is 3.00. The Morgan fingerprint density at radius 1 is 1.40 bits per heavy atom. The second-order valence-corrected chi connectivity index (χ2v) is 4.50. The van der Waals surface area contributed by atoms with Gasteiger partial charge in [0.15, 0.2) is 5.82 Å². The number of rotatable bonds is 3. The van der Waals surface area contributed by atoms with Gasteiger partial charge in [-0.05, 0) is 25.1 Å². The maximum atomic E-state index is 14.1. The predicted molar refractivity (Wildman–Crippen MR) is 74.7 cm³/mol. The summed E-state index contributed by atoms with van der Waals surface area (Å²) in [5.74, 6) is 0.275. The molecule has 0 atom stereocenters. The molecular formula is C14H13FN4O. The normalized spacial score (nSPS) is 10.9. The third-order valence-corrected chi connectivity index (χ3v) is 3.00. The summed E-state index contributed by atoms with van der Waals surface area (Å²) in [4.78, 5) is 4.19. The van der Waals surface area contributed by atoms with Crippen molar-refractivity contribution in [3.8, 4) is 0 Å². The summed E-state index contributed by atoms with van der Waals surface area (Å²) >= 11 is 0. The largest absolute Gasteiger partial charge is 0.398 e. The number of aromatic nitrogens is 2. The van der Waals surface area contributed by atoms with E-state index >= 15 is 0 Å². The number of nitrogens with one attached hydrogen (secondary N) is 1. The molecule has 102 valence electrons. The van der Waals surface area contributed by atoms with Crippen LogP contribution in [0.4, 0.5) is 15.8 Å². The first kappa shape index (κ1) is 12.4. The second-order valence-electron chi connectivity index (χ2n) is 4.50. The van der Waals surface area contributed by atoms with Gasteiger partial charge in [-0.3, -0.25) is 4.98 Å². The highest BCUT2D eigenvalue weighted by Crippen LogP contribution is 2.29. The average molecular weight is 272 g/mol. The number of nitrogens with two attached hydrogens (primary N) is 1. The van der Waals surface area contributed by atoms with E-state index in [0.29, 0.717) is 40.3 Å². The van der Waals surface area contributed by atoms with Crippen molar-refractivity contribution in [2.24, 2.45) is 0 Å². The minimum atomic E-state index is -0.436. The van der Waals surface area contributed by atoms with Gasteiger partial charge in [-0.1, -0.05) is 5.16 Å². The number of fused-ring (bicyclic) bond motifs is 1. The molecule has 0 radical (unpaired) electrons. The molecule has 3 aromatic rings. The number of nitrogen functional groups attached to an aromatic ring is 1. The molecule has 2 aromatic heterocycles. The lowest BCUT2D eigenvalue weighted by atomic mass is 10.1. The van der Waals surface area contributed by atoms with Crippen LogP contribution >= 0.6 is 0 Å². The lowest BCUT2D eigenvalue weighted by Crippen LogP contribution is -2.04. The van der Waals surface area contributed by atoms with Crippen LogP contribution in [-0.4, -0.2) is 10.1 Å². The standard InChI is InChI=1S/C14H13FN4O/c1-8-5-9(19-20-8)7-18-14-11(15)6-12(16)10-3-2-4-17-13(10)14/h2-6,18H,7,16H2,1H3. The van der Waals surface area contributed by atoms with Crippen LogP contribution < -0.4 is 11.1 Å². The fourth-order valence-electron chi connectivity index (χ4n) is 2.09. The van der Waals surface area contributed by atoms with Gasteiger partial charge in [0, 0.05) is 23.3 Å². The molecule has 2 heterocycles. The van der Waals surface area contributed by atoms with Crippen LogP contribution in [0.3, 0.4) is 0 Å². The van der Waals surface area contributed by atoms with E-state index in [9.17, 15) is 4.39 Å². The van der Waals surface area contributed by atoms with Gasteiger partial charge in [-0.25, -0.2) is 4.39 Å². The first-order valence-electron chi connectivity index (χ1n) is 6.14. The SMILES string of the molecule is Cc1cc(CNc2c(F)cc(N)c3cccnc23)no1. The maximum absolute atomic E-state index is 14.1. The van der Waals surface area contributed by atoms with E-state index in [4.69, 9.17) is 10.3 Å². The van der Waals surface area contributed by atoms with Crippen molar-refractivity contribution >= 4 is 22.3 Å². The predicted octanol–water partition coefficient (Wildman–Crippen LogP) is 2.86. The van der Waals surface area contributed by atoms with E-state index in [1.54, 1.807) is 25.3 Å². The zero-order chi connectivity index (χ0) is 14.1. The van der Waals surface area contributed by atoms with Gasteiger partial charge >= 0.3 is 0 Å². The molecule has 5 nitrogen and oxygen atoms in total. The zero-order valence-corrected chi connectivity index (χ0v) is 10.9. The maximum Gasteiger partial charge on any atom is 0.150 e. The van der Waals surface area contributed by atoms with Gasteiger partial charge in [0.25, 0.3) is 0 Å². The molecule has 0 saturated heterocycles. The topological polar surface area (TPSA) is 77.0 Å². The lowest BCUT2D eigenvalue weighted by Gasteiger charge is -2.10. The van der Waals surface area contributed by atoms with Crippen LogP contribution in [0, 0.1) is 12.7 Å². The van der Waals surface area contributed by atoms with Crippen LogP contribution in [-0.2, 0) is 6.54 Å². The molecular weight excluding hydrogens is 259 g/mol. The zero-order valence-electron chi connectivity index (χ0n) is 10.9. The molecule has 6 heteroatoms. The molecule has 0 spiro atoms. The number of halogens is 1. The van der Waals surface area contributed by atoms with Gasteiger partial charge in [-0.2, -0.15) is 0 Å². The number of nitrogens with zero attached hydrogens (tertiary/aromatic N) is 2. The Morgan fingerprint density at radius 3 is 3.00 bits per heavy atom. The molecule has 20 heavy (non-hydrogen) atoms. The van der Waals surface area contributed by atoms with Crippen molar-refractivity contribution in [2.45, 2.75) is 13.5 Å². The summed E-state index contributed by atoms with van der Waals surface area (Å²) in [6, 6.07) is 6.65. The Morgan fingerprint density at radius 2 is 2.25 bits per heavy atom. The lowest BCUT2D eigenvalue weighted by molar-refractivity contribution is 0.391. The van der Waals surface area contributed by atoms with Crippen LogP contribution in [0.1, 0.15) is 11.5 Å². The van der Waals surface area contributed by atoms with Crippen molar-refractivity contribution in [1.29, 1.82) is 0 Å². The number of pyridine rings is 1. The quantitative estimate of drug-likeness (QED) is 0.717. The van der Waals surface area contributed by atoms with Gasteiger partial charge in [-0.15, -0.1) is 0 Å². The number of aryl methyl sites for hydroxylation is 1. The van der Waals surface area contributed by atoms with Gasteiger partial charge in [0.05, 0.1) is 17.7 Å². The molecule has 0 aliphatic rings. The highest BCUT2D eigenvalue weighted by atomic mass is 19.1. The molecule has 1 aromatic carbocycles. The number of anilines is 2. The van der Waals surface area contributed by atoms with Crippen molar-refractivity contribution in [1.82, 2.24) is 10.1 Å². The minimum absolute atomic E-state index is 0.315. The van der Waals surface area contributed by atoms with Crippen molar-refractivity contribution in [2.75, 3.05) is 11.1 Å². The van der Waals surface area contributed by atoms with E-state index in [-0.39, 0.29) is 0 Å². The fourth-order valence-corrected chi connectivity index (χ4v) is 2.09. The highest BCUT2D eigenvalue weighted by Gasteiger charge is 2.12. The molecule has 0 fully saturated rings. The fraction of sp³-hybridized carbons (Fsp3) is 0.143. The van der Waals surface area contributed by atoms with Crippen LogP contribution in [0.2, 0.25) is 0 Å². The summed E-state index contributed by atoms with van der Waals surface area (Å²) in [7, 11) is 0. The van der Waals surface area contributed by atoms with Crippen LogP contribution in [0.5, 0.6) is 0 Å². The average Bonchev–Trinajstić information content (AvgIpc) is 2.84. The molecule has 3 rings (SSSR count).